The molecule has 56 valence electrons. The topological polar surface area (TPSA) is 46.3 Å². The van der Waals surface area contributed by atoms with Crippen LogP contribution in [0, 0.1) is 0 Å². The molecule has 1 aromatic carbocycles. The first-order valence-corrected chi connectivity index (χ1v) is 3.80. The molecule has 2 rings (SSSR count). The van der Waals surface area contributed by atoms with Crippen LogP contribution in [-0.4, -0.2) is 10.1 Å². The molecule has 0 aliphatic heterocycles. The van der Waals surface area contributed by atoms with Crippen molar-refractivity contribution in [3.05, 3.63) is 23.0 Å². The van der Waals surface area contributed by atoms with Crippen LogP contribution in [0.5, 0.6) is 5.75 Å². The number of oxazole rings is 1. The summed E-state index contributed by atoms with van der Waals surface area (Å²) >= 11 is 3.09. The minimum absolute atomic E-state index is 0.182. The normalized spacial score (nSPS) is 10.6. The Bertz CT molecular complexity index is 396. The number of fused-ring (bicyclic) bond motifs is 1. The predicted molar refractivity (Wildman–Crippen MR) is 43.4 cm³/mol. The Kier molecular flexibility index (Phi) is 1.35. The second kappa shape index (κ2) is 2.23. The number of nitrogens with zero attached hydrogens (tertiary/aromatic N) is 1. The summed E-state index contributed by atoms with van der Waals surface area (Å²) in [5.74, 6) is 0.182. The highest BCUT2D eigenvalue weighted by Crippen LogP contribution is 2.22. The van der Waals surface area contributed by atoms with E-state index < -0.39 is 0 Å². The molecule has 2 aromatic rings. The molecule has 0 fully saturated rings. The highest BCUT2D eigenvalue weighted by molar-refractivity contribution is 9.10. The highest BCUT2D eigenvalue weighted by atomic mass is 79.9. The number of rotatable bonds is 0. The van der Waals surface area contributed by atoms with E-state index in [1.807, 2.05) is 0 Å². The van der Waals surface area contributed by atoms with E-state index in [1.54, 1.807) is 12.1 Å². The first-order chi connectivity index (χ1) is 5.25. The van der Waals surface area contributed by atoms with Gasteiger partial charge in [0.1, 0.15) is 11.3 Å². The summed E-state index contributed by atoms with van der Waals surface area (Å²) in [6.45, 7) is 0. The molecule has 0 radical (unpaired) electrons. The third kappa shape index (κ3) is 1.09. The standard InChI is InChI=1S/C7H4BrNO2/c8-7-9-5-2-1-4(10)3-6(5)11-7/h1-3,10H. The summed E-state index contributed by atoms with van der Waals surface area (Å²) in [6, 6.07) is 4.78. The van der Waals surface area contributed by atoms with Crippen LogP contribution in [0.1, 0.15) is 0 Å². The lowest BCUT2D eigenvalue weighted by Crippen LogP contribution is -1.66. The van der Waals surface area contributed by atoms with E-state index in [9.17, 15) is 0 Å². The smallest absolute Gasteiger partial charge is 0.265 e. The van der Waals surface area contributed by atoms with Gasteiger partial charge in [0.15, 0.2) is 5.58 Å². The molecule has 3 nitrogen and oxygen atoms in total. The molecule has 0 saturated heterocycles. The van der Waals surface area contributed by atoms with Crippen molar-refractivity contribution in [3.8, 4) is 5.75 Å². The first-order valence-electron chi connectivity index (χ1n) is 3.01. The third-order valence-electron chi connectivity index (χ3n) is 1.35. The molecule has 11 heavy (non-hydrogen) atoms. The van der Waals surface area contributed by atoms with Crippen LogP contribution in [-0.2, 0) is 0 Å². The lowest BCUT2D eigenvalue weighted by Gasteiger charge is -1.86. The van der Waals surface area contributed by atoms with Crippen molar-refractivity contribution in [1.82, 2.24) is 4.98 Å². The third-order valence-corrected chi connectivity index (χ3v) is 1.69. The fourth-order valence-corrected chi connectivity index (χ4v) is 1.25. The zero-order valence-electron chi connectivity index (χ0n) is 5.41. The number of aromatic nitrogens is 1. The monoisotopic (exact) mass is 213 g/mol. The van der Waals surface area contributed by atoms with Gasteiger partial charge in [0, 0.05) is 22.0 Å². The van der Waals surface area contributed by atoms with Crippen LogP contribution in [0.3, 0.4) is 0 Å². The molecule has 1 aromatic heterocycles. The number of benzene rings is 1. The Labute approximate surface area is 70.8 Å². The minimum Gasteiger partial charge on any atom is -0.508 e. The zero-order chi connectivity index (χ0) is 7.84. The number of phenolic OH excluding ortho intramolecular Hbond substituents is 1. The summed E-state index contributed by atoms with van der Waals surface area (Å²) in [4.78, 5) is 4.42. The molecular formula is C7H4BrNO2. The van der Waals surface area contributed by atoms with E-state index in [-0.39, 0.29) is 5.75 Å². The molecule has 0 bridgehead atoms. The Balaban J connectivity index is 2.82. The Hall–Kier alpha value is -1.03. The van der Waals surface area contributed by atoms with Crippen LogP contribution in [0.15, 0.2) is 27.4 Å². The SMILES string of the molecule is Oc1ccc2nc(Br)oc2c1. The molecule has 0 spiro atoms. The lowest BCUT2D eigenvalue weighted by molar-refractivity contribution is 0.474. The van der Waals surface area contributed by atoms with Crippen LogP contribution in [0.4, 0.5) is 0 Å². The van der Waals surface area contributed by atoms with Crippen molar-refractivity contribution in [2.45, 2.75) is 0 Å². The summed E-state index contributed by atoms with van der Waals surface area (Å²) in [6.07, 6.45) is 0. The van der Waals surface area contributed by atoms with Crippen molar-refractivity contribution < 1.29 is 9.52 Å². The fraction of sp³-hybridized carbons (Fsp3) is 0. The van der Waals surface area contributed by atoms with Crippen molar-refractivity contribution in [3.63, 3.8) is 0 Å². The van der Waals surface area contributed by atoms with Gasteiger partial charge in [-0.05, 0) is 12.1 Å². The van der Waals surface area contributed by atoms with Gasteiger partial charge in [-0.2, -0.15) is 0 Å². The number of hydrogen-bond donors (Lipinski definition) is 1. The van der Waals surface area contributed by atoms with E-state index in [2.05, 4.69) is 20.9 Å². The summed E-state index contributed by atoms with van der Waals surface area (Å²) in [7, 11) is 0. The predicted octanol–water partition coefficient (Wildman–Crippen LogP) is 2.30. The van der Waals surface area contributed by atoms with Gasteiger partial charge in [0.2, 0.25) is 0 Å². The number of aromatic hydroxyl groups is 1. The van der Waals surface area contributed by atoms with E-state index in [4.69, 9.17) is 9.52 Å². The van der Waals surface area contributed by atoms with Crippen LogP contribution < -0.4 is 0 Å². The number of hydrogen-bond acceptors (Lipinski definition) is 3. The van der Waals surface area contributed by atoms with E-state index in [0.29, 0.717) is 10.4 Å². The second-order valence-electron chi connectivity index (χ2n) is 2.12. The minimum atomic E-state index is 0.182. The van der Waals surface area contributed by atoms with Crippen LogP contribution >= 0.6 is 15.9 Å². The molecule has 1 heterocycles. The largest absolute Gasteiger partial charge is 0.508 e. The second-order valence-corrected chi connectivity index (χ2v) is 2.80. The number of phenols is 1. The van der Waals surface area contributed by atoms with E-state index in [0.717, 1.165) is 5.52 Å². The molecule has 0 amide bonds. The Morgan fingerprint density at radius 2 is 2.27 bits per heavy atom. The van der Waals surface area contributed by atoms with Crippen molar-refractivity contribution in [2.24, 2.45) is 0 Å². The van der Waals surface area contributed by atoms with Gasteiger partial charge in [-0.1, -0.05) is 0 Å². The van der Waals surface area contributed by atoms with E-state index in [1.165, 1.54) is 6.07 Å². The maximum absolute atomic E-state index is 9.04. The first kappa shape index (κ1) is 6.67. The van der Waals surface area contributed by atoms with Crippen molar-refractivity contribution >= 4 is 27.0 Å². The highest BCUT2D eigenvalue weighted by Gasteiger charge is 2.02. The lowest BCUT2D eigenvalue weighted by atomic mass is 10.3. The molecule has 0 unspecified atom stereocenters. The molecule has 0 aliphatic rings. The number of halogens is 1. The van der Waals surface area contributed by atoms with Gasteiger partial charge in [-0.25, -0.2) is 4.98 Å². The van der Waals surface area contributed by atoms with Gasteiger partial charge in [-0.3, -0.25) is 0 Å². The summed E-state index contributed by atoms with van der Waals surface area (Å²) in [5.41, 5.74) is 1.31. The Morgan fingerprint density at radius 3 is 3.09 bits per heavy atom. The van der Waals surface area contributed by atoms with Gasteiger partial charge in [-0.15, -0.1) is 0 Å². The molecule has 0 saturated carbocycles. The van der Waals surface area contributed by atoms with Crippen molar-refractivity contribution in [2.75, 3.05) is 0 Å². The van der Waals surface area contributed by atoms with E-state index >= 15 is 0 Å². The van der Waals surface area contributed by atoms with Gasteiger partial charge >= 0.3 is 0 Å². The maximum Gasteiger partial charge on any atom is 0.265 e. The fourth-order valence-electron chi connectivity index (χ4n) is 0.885. The summed E-state index contributed by atoms with van der Waals surface area (Å²) in [5, 5.41) is 9.04. The molecular weight excluding hydrogens is 210 g/mol. The molecule has 0 aliphatic carbocycles. The average molecular weight is 214 g/mol. The van der Waals surface area contributed by atoms with Gasteiger partial charge < -0.3 is 9.52 Å². The Morgan fingerprint density at radius 1 is 1.45 bits per heavy atom. The molecule has 4 heteroatoms. The van der Waals surface area contributed by atoms with Gasteiger partial charge in [0.25, 0.3) is 4.80 Å². The summed E-state index contributed by atoms with van der Waals surface area (Å²) < 4.78 is 5.09. The average Bonchev–Trinajstić information content (AvgIpc) is 2.27. The van der Waals surface area contributed by atoms with Crippen LogP contribution in [0.2, 0.25) is 0 Å². The zero-order valence-corrected chi connectivity index (χ0v) is 7.00. The quantitative estimate of drug-likeness (QED) is 0.731. The molecule has 0 atom stereocenters. The van der Waals surface area contributed by atoms with Crippen LogP contribution in [0.25, 0.3) is 11.1 Å². The van der Waals surface area contributed by atoms with Gasteiger partial charge in [0.05, 0.1) is 0 Å². The maximum atomic E-state index is 9.04. The molecule has 1 N–H and O–H groups in total. The van der Waals surface area contributed by atoms with Crippen molar-refractivity contribution in [1.29, 1.82) is 0 Å².